The summed E-state index contributed by atoms with van der Waals surface area (Å²) in [5.41, 5.74) is 0.425. The normalized spacial score (nSPS) is 12.0. The Kier molecular flexibility index (Phi) is 7.31. The molecule has 1 aromatic carbocycles. The number of nitrogens with zero attached hydrogens (tertiary/aromatic N) is 1. The molecule has 0 aliphatic heterocycles. The van der Waals surface area contributed by atoms with E-state index in [9.17, 15) is 18.4 Å². The zero-order valence-corrected chi connectivity index (χ0v) is 13.3. The van der Waals surface area contributed by atoms with Crippen LogP contribution in [0.2, 0.25) is 0 Å². The summed E-state index contributed by atoms with van der Waals surface area (Å²) in [6.45, 7) is 1.85. The average Bonchev–Trinajstić information content (AvgIpc) is 2.46. The number of halogens is 2. The second-order valence-electron chi connectivity index (χ2n) is 5.01. The van der Waals surface area contributed by atoms with E-state index in [0.717, 1.165) is 12.1 Å². The number of hydrogen-bond donors (Lipinski definition) is 1. The van der Waals surface area contributed by atoms with Gasteiger partial charge >= 0.3 is 5.97 Å². The maximum atomic E-state index is 13.2. The Hall–Kier alpha value is -1.63. The highest BCUT2D eigenvalue weighted by molar-refractivity contribution is 7.98. The Morgan fingerprint density at radius 1 is 1.32 bits per heavy atom. The van der Waals surface area contributed by atoms with Crippen molar-refractivity contribution in [1.29, 1.82) is 0 Å². The number of carboxylic acid groups (broad SMARTS) is 1. The van der Waals surface area contributed by atoms with E-state index in [1.54, 1.807) is 6.92 Å². The van der Waals surface area contributed by atoms with Crippen molar-refractivity contribution in [2.45, 2.75) is 19.9 Å². The molecule has 0 radical (unpaired) electrons. The number of carboxylic acids is 1. The molecule has 0 spiro atoms. The summed E-state index contributed by atoms with van der Waals surface area (Å²) in [5, 5.41) is 8.78. The van der Waals surface area contributed by atoms with Crippen LogP contribution in [0.15, 0.2) is 18.2 Å². The first-order valence-electron chi connectivity index (χ1n) is 6.78. The topological polar surface area (TPSA) is 57.6 Å². The molecule has 4 nitrogen and oxygen atoms in total. The average molecular weight is 331 g/mol. The predicted molar refractivity (Wildman–Crippen MR) is 81.6 cm³/mol. The number of carbonyl (C=O) groups is 2. The highest BCUT2D eigenvalue weighted by Crippen LogP contribution is 2.15. The SMILES string of the molecule is CSCC(C)C(=O)N(CCC(=O)O)Cc1ccc(F)c(F)c1. The molecule has 0 heterocycles. The van der Waals surface area contributed by atoms with E-state index in [2.05, 4.69) is 0 Å². The summed E-state index contributed by atoms with van der Waals surface area (Å²) < 4.78 is 26.2. The van der Waals surface area contributed by atoms with Crippen molar-refractivity contribution in [2.75, 3.05) is 18.6 Å². The number of rotatable bonds is 8. The lowest BCUT2D eigenvalue weighted by atomic mass is 10.1. The Labute approximate surface area is 132 Å². The van der Waals surface area contributed by atoms with Crippen LogP contribution in [0.1, 0.15) is 18.9 Å². The van der Waals surface area contributed by atoms with Gasteiger partial charge in [0.25, 0.3) is 0 Å². The molecule has 0 bridgehead atoms. The van der Waals surface area contributed by atoms with Crippen LogP contribution in [0.25, 0.3) is 0 Å². The van der Waals surface area contributed by atoms with E-state index >= 15 is 0 Å². The molecule has 0 saturated heterocycles. The standard InChI is InChI=1S/C15H19F2NO3S/c1-10(9-22-2)15(21)18(6-5-14(19)20)8-11-3-4-12(16)13(17)7-11/h3-4,7,10H,5-6,8-9H2,1-2H3,(H,19,20). The smallest absolute Gasteiger partial charge is 0.305 e. The monoisotopic (exact) mass is 331 g/mol. The van der Waals surface area contributed by atoms with Crippen LogP contribution in [0.3, 0.4) is 0 Å². The molecule has 0 fully saturated rings. The summed E-state index contributed by atoms with van der Waals surface area (Å²) in [6.07, 6.45) is 1.68. The minimum atomic E-state index is -1.01. The Bertz CT molecular complexity index is 540. The van der Waals surface area contributed by atoms with Gasteiger partial charge in [0.05, 0.1) is 6.42 Å². The van der Waals surface area contributed by atoms with E-state index < -0.39 is 17.6 Å². The second-order valence-corrected chi connectivity index (χ2v) is 5.92. The van der Waals surface area contributed by atoms with Crippen molar-refractivity contribution in [1.82, 2.24) is 4.90 Å². The fourth-order valence-corrected chi connectivity index (χ4v) is 2.63. The lowest BCUT2D eigenvalue weighted by Crippen LogP contribution is -2.37. The number of thioether (sulfide) groups is 1. The minimum absolute atomic E-state index is 0.0336. The number of benzene rings is 1. The first-order chi connectivity index (χ1) is 10.3. The lowest BCUT2D eigenvalue weighted by Gasteiger charge is -2.25. The van der Waals surface area contributed by atoms with Crippen LogP contribution in [-0.4, -0.2) is 40.4 Å². The molecular formula is C15H19F2NO3S. The number of aliphatic carboxylic acids is 1. The Morgan fingerprint density at radius 2 is 2.00 bits per heavy atom. The largest absolute Gasteiger partial charge is 0.481 e. The second kappa shape index (κ2) is 8.73. The van der Waals surface area contributed by atoms with E-state index in [4.69, 9.17) is 5.11 Å². The van der Waals surface area contributed by atoms with Gasteiger partial charge in [-0.15, -0.1) is 0 Å². The molecule has 122 valence electrons. The molecule has 0 aliphatic rings. The highest BCUT2D eigenvalue weighted by Gasteiger charge is 2.21. The minimum Gasteiger partial charge on any atom is -0.481 e. The van der Waals surface area contributed by atoms with Crippen LogP contribution < -0.4 is 0 Å². The summed E-state index contributed by atoms with van der Waals surface area (Å²) in [7, 11) is 0. The quantitative estimate of drug-likeness (QED) is 0.796. The molecular weight excluding hydrogens is 312 g/mol. The van der Waals surface area contributed by atoms with Gasteiger partial charge in [0.1, 0.15) is 0 Å². The van der Waals surface area contributed by atoms with Crippen molar-refractivity contribution >= 4 is 23.6 Å². The van der Waals surface area contributed by atoms with Gasteiger partial charge in [0.15, 0.2) is 11.6 Å². The summed E-state index contributed by atoms with van der Waals surface area (Å²) in [6, 6.07) is 3.41. The molecule has 1 atom stereocenters. The van der Waals surface area contributed by atoms with E-state index in [1.165, 1.54) is 22.7 Å². The molecule has 1 aromatic rings. The van der Waals surface area contributed by atoms with Crippen LogP contribution in [0.4, 0.5) is 8.78 Å². The molecule has 1 N–H and O–H groups in total. The predicted octanol–water partition coefficient (Wildman–Crippen LogP) is 2.77. The van der Waals surface area contributed by atoms with Crippen molar-refractivity contribution in [2.24, 2.45) is 5.92 Å². The third kappa shape index (κ3) is 5.63. The third-order valence-corrected chi connectivity index (χ3v) is 3.94. The molecule has 1 amide bonds. The van der Waals surface area contributed by atoms with Crippen molar-refractivity contribution in [3.05, 3.63) is 35.4 Å². The summed E-state index contributed by atoms with van der Waals surface area (Å²) in [5.74, 6) is -2.81. The Morgan fingerprint density at radius 3 is 2.55 bits per heavy atom. The summed E-state index contributed by atoms with van der Waals surface area (Å²) in [4.78, 5) is 24.5. The third-order valence-electron chi connectivity index (χ3n) is 3.10. The van der Waals surface area contributed by atoms with E-state index in [0.29, 0.717) is 11.3 Å². The van der Waals surface area contributed by atoms with Gasteiger partial charge in [-0.3, -0.25) is 9.59 Å². The van der Waals surface area contributed by atoms with Crippen molar-refractivity contribution < 1.29 is 23.5 Å². The fourth-order valence-electron chi connectivity index (χ4n) is 1.99. The van der Waals surface area contributed by atoms with Gasteiger partial charge in [-0.25, -0.2) is 8.78 Å². The highest BCUT2D eigenvalue weighted by atomic mass is 32.2. The molecule has 0 aliphatic carbocycles. The number of amides is 1. The van der Waals surface area contributed by atoms with Crippen LogP contribution >= 0.6 is 11.8 Å². The van der Waals surface area contributed by atoms with Crippen LogP contribution in [-0.2, 0) is 16.1 Å². The van der Waals surface area contributed by atoms with Crippen molar-refractivity contribution in [3.8, 4) is 0 Å². The van der Waals surface area contributed by atoms with Crippen LogP contribution in [0.5, 0.6) is 0 Å². The molecule has 22 heavy (non-hydrogen) atoms. The first-order valence-corrected chi connectivity index (χ1v) is 8.18. The number of carbonyl (C=O) groups excluding carboxylic acids is 1. The zero-order valence-electron chi connectivity index (χ0n) is 12.5. The maximum Gasteiger partial charge on any atom is 0.305 e. The number of hydrogen-bond acceptors (Lipinski definition) is 3. The zero-order chi connectivity index (χ0) is 16.7. The molecule has 1 rings (SSSR count). The molecule has 0 saturated carbocycles. The van der Waals surface area contributed by atoms with Gasteiger partial charge in [0, 0.05) is 24.8 Å². The van der Waals surface area contributed by atoms with Crippen molar-refractivity contribution in [3.63, 3.8) is 0 Å². The van der Waals surface area contributed by atoms with Gasteiger partial charge in [-0.1, -0.05) is 13.0 Å². The van der Waals surface area contributed by atoms with Gasteiger partial charge < -0.3 is 10.0 Å². The van der Waals surface area contributed by atoms with Gasteiger partial charge in [-0.2, -0.15) is 11.8 Å². The van der Waals surface area contributed by atoms with Gasteiger partial charge in [-0.05, 0) is 24.0 Å². The fraction of sp³-hybridized carbons (Fsp3) is 0.467. The molecule has 1 unspecified atom stereocenters. The van der Waals surface area contributed by atoms with E-state index in [-0.39, 0.29) is 31.3 Å². The van der Waals surface area contributed by atoms with Crippen LogP contribution in [0, 0.1) is 17.6 Å². The molecule has 0 aromatic heterocycles. The summed E-state index contributed by atoms with van der Waals surface area (Å²) >= 11 is 1.52. The Balaban J connectivity index is 2.86. The lowest BCUT2D eigenvalue weighted by molar-refractivity contribution is -0.139. The maximum absolute atomic E-state index is 13.2. The van der Waals surface area contributed by atoms with E-state index in [1.807, 2.05) is 6.26 Å². The first kappa shape index (κ1) is 18.4. The molecule has 7 heteroatoms. The van der Waals surface area contributed by atoms with Gasteiger partial charge in [0.2, 0.25) is 5.91 Å².